The van der Waals surface area contributed by atoms with Crippen molar-refractivity contribution in [2.75, 3.05) is 0 Å². The zero-order chi connectivity index (χ0) is 15.7. The average Bonchev–Trinajstić information content (AvgIpc) is 2.41. The normalized spacial score (nSPS) is 12.2. The fourth-order valence-electron chi connectivity index (χ4n) is 1.69. The number of thiol groups is 1. The summed E-state index contributed by atoms with van der Waals surface area (Å²) in [7, 11) is -3.34. The van der Waals surface area contributed by atoms with Crippen LogP contribution in [0.2, 0.25) is 0 Å². The van der Waals surface area contributed by atoms with Crippen molar-refractivity contribution >= 4 is 22.5 Å². The standard InChI is InChI=1S/C16H18O3S2/c1-16(2,3)21(17,18)15-10-6-13(7-11-15)19-12-4-8-14(20)9-5-12/h4-11,20H,1-3H3. The van der Waals surface area contributed by atoms with Crippen LogP contribution in [-0.2, 0) is 9.84 Å². The van der Waals surface area contributed by atoms with E-state index in [1.165, 1.54) is 0 Å². The molecule has 0 spiro atoms. The number of hydrogen-bond donors (Lipinski definition) is 1. The highest BCUT2D eigenvalue weighted by Crippen LogP contribution is 2.28. The Labute approximate surface area is 131 Å². The van der Waals surface area contributed by atoms with E-state index in [1.807, 2.05) is 24.3 Å². The molecule has 0 aliphatic rings. The van der Waals surface area contributed by atoms with Gasteiger partial charge in [0.25, 0.3) is 0 Å². The molecule has 0 unspecified atom stereocenters. The molecule has 0 aliphatic heterocycles. The SMILES string of the molecule is CC(C)(C)S(=O)(=O)c1ccc(Oc2ccc(S)cc2)cc1. The van der Waals surface area contributed by atoms with Crippen molar-refractivity contribution in [2.24, 2.45) is 0 Å². The summed E-state index contributed by atoms with van der Waals surface area (Å²) in [6, 6.07) is 13.7. The van der Waals surface area contributed by atoms with Gasteiger partial charge in [-0.2, -0.15) is 0 Å². The third kappa shape index (κ3) is 3.60. The largest absolute Gasteiger partial charge is 0.457 e. The Morgan fingerprint density at radius 3 is 1.71 bits per heavy atom. The summed E-state index contributed by atoms with van der Waals surface area (Å²) in [5, 5.41) is 0. The van der Waals surface area contributed by atoms with Gasteiger partial charge in [-0.05, 0) is 69.3 Å². The van der Waals surface area contributed by atoms with E-state index in [4.69, 9.17) is 4.74 Å². The molecule has 2 aromatic carbocycles. The molecule has 2 rings (SSSR count). The number of sulfone groups is 1. The Morgan fingerprint density at radius 2 is 1.29 bits per heavy atom. The smallest absolute Gasteiger partial charge is 0.183 e. The molecule has 0 fully saturated rings. The third-order valence-corrected chi connectivity index (χ3v) is 5.82. The Morgan fingerprint density at radius 1 is 0.857 bits per heavy atom. The van der Waals surface area contributed by atoms with E-state index in [-0.39, 0.29) is 0 Å². The minimum Gasteiger partial charge on any atom is -0.457 e. The van der Waals surface area contributed by atoms with Crippen LogP contribution in [0.1, 0.15) is 20.8 Å². The van der Waals surface area contributed by atoms with Gasteiger partial charge in [0, 0.05) is 4.90 Å². The first-order valence-corrected chi connectivity index (χ1v) is 8.45. The summed E-state index contributed by atoms with van der Waals surface area (Å²) >= 11 is 4.21. The van der Waals surface area contributed by atoms with E-state index < -0.39 is 14.6 Å². The molecule has 0 amide bonds. The van der Waals surface area contributed by atoms with Gasteiger partial charge in [0.2, 0.25) is 0 Å². The molecule has 0 saturated heterocycles. The van der Waals surface area contributed by atoms with Crippen LogP contribution in [-0.4, -0.2) is 13.2 Å². The van der Waals surface area contributed by atoms with E-state index in [0.29, 0.717) is 16.4 Å². The van der Waals surface area contributed by atoms with Gasteiger partial charge in [0.1, 0.15) is 11.5 Å². The van der Waals surface area contributed by atoms with Crippen LogP contribution in [0.3, 0.4) is 0 Å². The molecular formula is C16H18O3S2. The van der Waals surface area contributed by atoms with E-state index in [1.54, 1.807) is 45.0 Å². The van der Waals surface area contributed by atoms with Crippen molar-refractivity contribution < 1.29 is 13.2 Å². The molecule has 0 heterocycles. The molecule has 21 heavy (non-hydrogen) atoms. The van der Waals surface area contributed by atoms with Crippen molar-refractivity contribution in [3.05, 3.63) is 48.5 Å². The minimum atomic E-state index is -3.34. The van der Waals surface area contributed by atoms with Gasteiger partial charge in [-0.25, -0.2) is 8.42 Å². The van der Waals surface area contributed by atoms with Crippen molar-refractivity contribution in [3.63, 3.8) is 0 Å². The first-order chi connectivity index (χ1) is 9.70. The molecule has 0 atom stereocenters. The summed E-state index contributed by atoms with van der Waals surface area (Å²) in [5.74, 6) is 1.27. The van der Waals surface area contributed by atoms with Gasteiger partial charge >= 0.3 is 0 Å². The number of hydrogen-bond acceptors (Lipinski definition) is 4. The van der Waals surface area contributed by atoms with E-state index >= 15 is 0 Å². The van der Waals surface area contributed by atoms with Crippen LogP contribution < -0.4 is 4.74 Å². The fourth-order valence-corrected chi connectivity index (χ4v) is 3.04. The molecule has 0 aliphatic carbocycles. The second-order valence-corrected chi connectivity index (χ2v) is 8.90. The highest BCUT2D eigenvalue weighted by Gasteiger charge is 2.30. The monoisotopic (exact) mass is 322 g/mol. The summed E-state index contributed by atoms with van der Waals surface area (Å²) in [6.45, 7) is 5.06. The molecule has 3 nitrogen and oxygen atoms in total. The summed E-state index contributed by atoms with van der Waals surface area (Å²) in [4.78, 5) is 1.15. The lowest BCUT2D eigenvalue weighted by Crippen LogP contribution is -2.27. The van der Waals surface area contributed by atoms with Crippen LogP contribution in [0, 0.1) is 0 Å². The molecule has 0 bridgehead atoms. The number of ether oxygens (including phenoxy) is 1. The van der Waals surface area contributed by atoms with Crippen LogP contribution in [0.25, 0.3) is 0 Å². The molecule has 2 aromatic rings. The van der Waals surface area contributed by atoms with Crippen molar-refractivity contribution in [1.29, 1.82) is 0 Å². The van der Waals surface area contributed by atoms with Crippen molar-refractivity contribution in [1.82, 2.24) is 0 Å². The maximum atomic E-state index is 12.3. The fraction of sp³-hybridized carbons (Fsp3) is 0.250. The van der Waals surface area contributed by atoms with Gasteiger partial charge in [0.05, 0.1) is 9.64 Å². The van der Waals surface area contributed by atoms with Crippen LogP contribution in [0.15, 0.2) is 58.3 Å². The molecule has 0 saturated carbocycles. The van der Waals surface area contributed by atoms with Crippen molar-refractivity contribution in [2.45, 2.75) is 35.3 Å². The average molecular weight is 322 g/mol. The van der Waals surface area contributed by atoms with Gasteiger partial charge in [0.15, 0.2) is 9.84 Å². The Bertz CT molecular complexity index is 710. The summed E-state index contributed by atoms with van der Waals surface area (Å²) in [5.41, 5.74) is 0. The Hall–Kier alpha value is -1.46. The molecule has 5 heteroatoms. The second-order valence-electron chi connectivity index (χ2n) is 5.68. The molecule has 112 valence electrons. The van der Waals surface area contributed by atoms with E-state index in [9.17, 15) is 8.42 Å². The number of benzene rings is 2. The van der Waals surface area contributed by atoms with E-state index in [2.05, 4.69) is 12.6 Å². The van der Waals surface area contributed by atoms with Gasteiger partial charge < -0.3 is 4.74 Å². The number of rotatable bonds is 3. The Balaban J connectivity index is 2.22. The maximum absolute atomic E-state index is 12.3. The lowest BCUT2D eigenvalue weighted by Gasteiger charge is -2.19. The highest BCUT2D eigenvalue weighted by molar-refractivity contribution is 7.92. The topological polar surface area (TPSA) is 43.4 Å². The summed E-state index contributed by atoms with van der Waals surface area (Å²) < 4.78 is 29.5. The summed E-state index contributed by atoms with van der Waals surface area (Å²) in [6.07, 6.45) is 0. The molecule has 0 N–H and O–H groups in total. The zero-order valence-corrected chi connectivity index (χ0v) is 13.9. The Kier molecular flexibility index (Phi) is 4.35. The van der Waals surface area contributed by atoms with Crippen molar-refractivity contribution in [3.8, 4) is 11.5 Å². The van der Waals surface area contributed by atoms with Crippen LogP contribution in [0.5, 0.6) is 11.5 Å². The first-order valence-electron chi connectivity index (χ1n) is 6.52. The third-order valence-electron chi connectivity index (χ3n) is 3.01. The van der Waals surface area contributed by atoms with Gasteiger partial charge in [-0.1, -0.05) is 0 Å². The maximum Gasteiger partial charge on any atom is 0.183 e. The first kappa shape index (κ1) is 15.9. The van der Waals surface area contributed by atoms with Gasteiger partial charge in [-0.3, -0.25) is 0 Å². The second kappa shape index (κ2) is 5.73. The lowest BCUT2D eigenvalue weighted by molar-refractivity contribution is 0.481. The van der Waals surface area contributed by atoms with E-state index in [0.717, 1.165) is 4.90 Å². The van der Waals surface area contributed by atoms with Gasteiger partial charge in [-0.15, -0.1) is 12.6 Å². The highest BCUT2D eigenvalue weighted by atomic mass is 32.2. The van der Waals surface area contributed by atoms with Crippen LogP contribution in [0.4, 0.5) is 0 Å². The molecule has 0 radical (unpaired) electrons. The quantitative estimate of drug-likeness (QED) is 0.855. The predicted octanol–water partition coefficient (Wildman–Crippen LogP) is 4.34. The molecule has 0 aromatic heterocycles. The minimum absolute atomic E-state index is 0.299. The predicted molar refractivity (Wildman–Crippen MR) is 87.1 cm³/mol. The van der Waals surface area contributed by atoms with Crippen LogP contribution >= 0.6 is 12.6 Å². The zero-order valence-electron chi connectivity index (χ0n) is 12.2. The molecular weight excluding hydrogens is 304 g/mol. The lowest BCUT2D eigenvalue weighted by atomic mass is 10.3.